The van der Waals surface area contributed by atoms with Crippen LogP contribution in [-0.4, -0.2) is 25.1 Å². The lowest BCUT2D eigenvalue weighted by molar-refractivity contribution is -0.122. The molecule has 0 fully saturated rings. The van der Waals surface area contributed by atoms with Crippen LogP contribution < -0.4 is 10.1 Å². The Morgan fingerprint density at radius 1 is 1.19 bits per heavy atom. The Morgan fingerprint density at radius 2 is 1.88 bits per heavy atom. The van der Waals surface area contributed by atoms with Crippen molar-refractivity contribution in [2.75, 3.05) is 12.4 Å². The van der Waals surface area contributed by atoms with Gasteiger partial charge in [-0.15, -0.1) is 11.3 Å². The van der Waals surface area contributed by atoms with Crippen LogP contribution >= 0.6 is 11.3 Å². The number of carbonyl (C=O) groups excluding carboxylic acids is 2. The number of halogens is 1. The number of rotatable bonds is 5. The summed E-state index contributed by atoms with van der Waals surface area (Å²) in [5, 5.41) is 3.30. The van der Waals surface area contributed by atoms with E-state index in [1.54, 1.807) is 6.92 Å². The van der Waals surface area contributed by atoms with E-state index < -0.39 is 12.1 Å². The third-order valence-corrected chi connectivity index (χ3v) is 5.50. The van der Waals surface area contributed by atoms with Crippen molar-refractivity contribution in [2.45, 2.75) is 38.7 Å². The molecule has 0 spiro atoms. The summed E-state index contributed by atoms with van der Waals surface area (Å²) in [6.45, 7) is 1.60. The number of amides is 1. The lowest BCUT2D eigenvalue weighted by Gasteiger charge is -2.15. The molecule has 0 aliphatic heterocycles. The number of methoxy groups -OCH3 is 1. The first kappa shape index (κ1) is 18.4. The van der Waals surface area contributed by atoms with E-state index in [2.05, 4.69) is 5.32 Å². The Kier molecular flexibility index (Phi) is 5.56. The molecule has 0 bridgehead atoms. The van der Waals surface area contributed by atoms with Gasteiger partial charge in [-0.25, -0.2) is 9.18 Å². The number of hydrogen-bond donors (Lipinski definition) is 1. The van der Waals surface area contributed by atoms with E-state index >= 15 is 0 Å². The average Bonchev–Trinajstić information content (AvgIpc) is 3.00. The minimum atomic E-state index is -0.801. The highest BCUT2D eigenvalue weighted by Crippen LogP contribution is 2.38. The molecule has 0 saturated heterocycles. The maximum atomic E-state index is 13.0. The fraction of sp³-hybridized carbons (Fsp3) is 0.368. The summed E-state index contributed by atoms with van der Waals surface area (Å²) in [5.74, 6) is -0.793. The van der Waals surface area contributed by atoms with Crippen molar-refractivity contribution >= 4 is 28.2 Å². The number of fused-ring (bicyclic) bond motifs is 1. The van der Waals surface area contributed by atoms with E-state index in [1.807, 2.05) is 0 Å². The van der Waals surface area contributed by atoms with Crippen molar-refractivity contribution in [3.63, 3.8) is 0 Å². The quantitative estimate of drug-likeness (QED) is 0.801. The van der Waals surface area contributed by atoms with Crippen LogP contribution in [0.5, 0.6) is 5.75 Å². The normalized spacial score (nSPS) is 14.3. The molecule has 1 aromatic heterocycles. The molecule has 3 rings (SSSR count). The number of benzene rings is 1. The van der Waals surface area contributed by atoms with Crippen LogP contribution in [0, 0.1) is 5.82 Å². The molecule has 1 heterocycles. The largest absolute Gasteiger partial charge is 0.481 e. The van der Waals surface area contributed by atoms with Gasteiger partial charge in [0.25, 0.3) is 5.91 Å². The monoisotopic (exact) mass is 377 g/mol. The van der Waals surface area contributed by atoms with Gasteiger partial charge in [0, 0.05) is 4.88 Å². The second-order valence-electron chi connectivity index (χ2n) is 6.11. The SMILES string of the molecule is COC(=O)c1c(NC(=O)[C@@H](C)Oc2ccc(F)cc2)sc2c1CCCC2. The van der Waals surface area contributed by atoms with Gasteiger partial charge in [-0.2, -0.15) is 0 Å². The van der Waals surface area contributed by atoms with Gasteiger partial charge in [0.1, 0.15) is 16.6 Å². The van der Waals surface area contributed by atoms with Gasteiger partial charge in [0.2, 0.25) is 0 Å². The zero-order valence-electron chi connectivity index (χ0n) is 14.6. The van der Waals surface area contributed by atoms with Crippen LogP contribution in [0.1, 0.15) is 40.6 Å². The van der Waals surface area contributed by atoms with Crippen LogP contribution in [0.2, 0.25) is 0 Å². The highest BCUT2D eigenvalue weighted by Gasteiger charge is 2.28. The van der Waals surface area contributed by atoms with Crippen molar-refractivity contribution in [3.05, 3.63) is 46.1 Å². The van der Waals surface area contributed by atoms with Crippen molar-refractivity contribution in [2.24, 2.45) is 0 Å². The number of anilines is 1. The molecule has 7 heteroatoms. The molecule has 1 aromatic carbocycles. The first-order valence-electron chi connectivity index (χ1n) is 8.45. The summed E-state index contributed by atoms with van der Waals surface area (Å²) < 4.78 is 23.4. The number of ether oxygens (including phenoxy) is 2. The Bertz CT molecular complexity index is 816. The standard InChI is InChI=1S/C19H20FNO4S/c1-11(25-13-9-7-12(20)8-10-13)17(22)21-18-16(19(23)24-2)14-5-3-4-6-15(14)26-18/h7-11H,3-6H2,1-2H3,(H,21,22)/t11-/m1/s1. The summed E-state index contributed by atoms with van der Waals surface area (Å²) in [6.07, 6.45) is 3.01. The molecule has 26 heavy (non-hydrogen) atoms. The van der Waals surface area contributed by atoms with E-state index in [-0.39, 0.29) is 11.7 Å². The highest BCUT2D eigenvalue weighted by atomic mass is 32.1. The van der Waals surface area contributed by atoms with Crippen molar-refractivity contribution in [1.29, 1.82) is 0 Å². The second-order valence-corrected chi connectivity index (χ2v) is 7.22. The predicted octanol–water partition coefficient (Wildman–Crippen LogP) is 3.96. The van der Waals surface area contributed by atoms with E-state index in [0.29, 0.717) is 16.3 Å². The summed E-state index contributed by atoms with van der Waals surface area (Å²) in [5.41, 5.74) is 1.44. The first-order valence-corrected chi connectivity index (χ1v) is 9.27. The number of nitrogens with one attached hydrogen (secondary N) is 1. The number of hydrogen-bond acceptors (Lipinski definition) is 5. The van der Waals surface area contributed by atoms with Gasteiger partial charge < -0.3 is 14.8 Å². The Balaban J connectivity index is 1.77. The van der Waals surface area contributed by atoms with Gasteiger partial charge in [0.15, 0.2) is 6.10 Å². The molecule has 1 amide bonds. The van der Waals surface area contributed by atoms with Crippen LogP contribution in [0.15, 0.2) is 24.3 Å². The molecule has 0 unspecified atom stereocenters. The molecule has 1 atom stereocenters. The fourth-order valence-electron chi connectivity index (χ4n) is 2.96. The minimum Gasteiger partial charge on any atom is -0.481 e. The molecular formula is C19H20FNO4S. The third kappa shape index (κ3) is 3.88. The smallest absolute Gasteiger partial charge is 0.341 e. The summed E-state index contributed by atoms with van der Waals surface area (Å²) >= 11 is 1.42. The molecule has 5 nitrogen and oxygen atoms in total. The molecule has 1 N–H and O–H groups in total. The number of carbonyl (C=O) groups is 2. The molecule has 0 radical (unpaired) electrons. The van der Waals surface area contributed by atoms with Crippen molar-refractivity contribution in [1.82, 2.24) is 0 Å². The minimum absolute atomic E-state index is 0.374. The van der Waals surface area contributed by atoms with E-state index in [0.717, 1.165) is 36.1 Å². The Hall–Kier alpha value is -2.41. The molecule has 1 aliphatic rings. The lowest BCUT2D eigenvalue weighted by atomic mass is 9.95. The van der Waals surface area contributed by atoms with Crippen LogP contribution in [0.25, 0.3) is 0 Å². The van der Waals surface area contributed by atoms with Gasteiger partial charge in [-0.1, -0.05) is 0 Å². The summed E-state index contributed by atoms with van der Waals surface area (Å²) in [7, 11) is 1.33. The number of thiophene rings is 1. The average molecular weight is 377 g/mol. The Morgan fingerprint density at radius 3 is 2.58 bits per heavy atom. The van der Waals surface area contributed by atoms with E-state index in [1.165, 1.54) is 42.7 Å². The van der Waals surface area contributed by atoms with E-state index in [9.17, 15) is 14.0 Å². The zero-order chi connectivity index (χ0) is 18.7. The highest BCUT2D eigenvalue weighted by molar-refractivity contribution is 7.17. The topological polar surface area (TPSA) is 64.6 Å². The van der Waals surface area contributed by atoms with Crippen LogP contribution in [0.4, 0.5) is 9.39 Å². The van der Waals surface area contributed by atoms with Gasteiger partial charge >= 0.3 is 5.97 Å². The van der Waals surface area contributed by atoms with Crippen LogP contribution in [0.3, 0.4) is 0 Å². The maximum absolute atomic E-state index is 13.0. The number of aryl methyl sites for hydroxylation is 1. The third-order valence-electron chi connectivity index (χ3n) is 4.29. The first-order chi connectivity index (χ1) is 12.5. The maximum Gasteiger partial charge on any atom is 0.341 e. The molecule has 2 aromatic rings. The lowest BCUT2D eigenvalue weighted by Crippen LogP contribution is -2.30. The van der Waals surface area contributed by atoms with Gasteiger partial charge in [0.05, 0.1) is 12.7 Å². The van der Waals surface area contributed by atoms with Gasteiger partial charge in [-0.05, 0) is 62.4 Å². The fourth-order valence-corrected chi connectivity index (χ4v) is 4.24. The van der Waals surface area contributed by atoms with Gasteiger partial charge in [-0.3, -0.25) is 4.79 Å². The van der Waals surface area contributed by atoms with Crippen molar-refractivity contribution in [3.8, 4) is 5.75 Å². The summed E-state index contributed by atoms with van der Waals surface area (Å²) in [4.78, 5) is 25.8. The Labute approximate surface area is 155 Å². The molecular weight excluding hydrogens is 357 g/mol. The second kappa shape index (κ2) is 7.86. The molecule has 1 aliphatic carbocycles. The van der Waals surface area contributed by atoms with E-state index in [4.69, 9.17) is 9.47 Å². The van der Waals surface area contributed by atoms with Crippen LogP contribution in [-0.2, 0) is 22.4 Å². The molecule has 0 saturated carbocycles. The molecule has 138 valence electrons. The number of esters is 1. The van der Waals surface area contributed by atoms with Crippen molar-refractivity contribution < 1.29 is 23.5 Å². The predicted molar refractivity (Wildman–Crippen MR) is 97.4 cm³/mol. The summed E-state index contributed by atoms with van der Waals surface area (Å²) in [6, 6.07) is 5.46. The zero-order valence-corrected chi connectivity index (χ0v) is 15.5.